The molecule has 342 valence electrons. The van der Waals surface area contributed by atoms with Crippen LogP contribution in [0.15, 0.2) is 229 Å². The first-order valence-corrected chi connectivity index (χ1v) is 25.3. The van der Waals surface area contributed by atoms with Gasteiger partial charge in [-0.05, 0) is 115 Å². The van der Waals surface area contributed by atoms with Gasteiger partial charge in [-0.3, -0.25) is 4.57 Å². The Morgan fingerprint density at radius 2 is 1.23 bits per heavy atom. The quantitative estimate of drug-likeness (QED) is 0.165. The summed E-state index contributed by atoms with van der Waals surface area (Å²) < 4.78 is 9.40. The van der Waals surface area contributed by atoms with Gasteiger partial charge in [-0.15, -0.1) is 0 Å². The van der Waals surface area contributed by atoms with E-state index in [2.05, 4.69) is 242 Å². The number of nitrogens with zero attached hydrogens (tertiary/aromatic N) is 4. The van der Waals surface area contributed by atoms with Gasteiger partial charge in [-0.25, -0.2) is 9.97 Å². The summed E-state index contributed by atoms with van der Waals surface area (Å²) in [6.07, 6.45) is 7.85. The van der Waals surface area contributed by atoms with E-state index >= 15 is 0 Å². The Kier molecular flexibility index (Phi) is 8.23. The van der Waals surface area contributed by atoms with Gasteiger partial charge in [0, 0.05) is 61.3 Å². The largest absolute Gasteiger partial charge is 0.454 e. The standard InChI is InChI=1S/C68H44N4O/c1-68(2)55-25-13-10-21-49(55)50-33-29-43(39-56(50)68)64-63-48-20-7-6-16-40(48)30-34-57(63)69-67(70-64)72-59-35-31-42(41-28-32-46-37-44(36-41)47-19-11-14-26-58(47)71(46)45-17-4-3-5-18-45)38-54(59)61-51-22-8-9-23-52(51)62-53-24-12-15-27-60(53)73-66(62)65(61)72/h3-36,38-39H,37H2,1-2H3. The molecular formula is C68H44N4O. The SMILES string of the molecule is CC1(C)c2ccccc2-c2ccc(-c3nc(-n4c5ccc(C6=CC=C7CC(=C6)c6ccccc6N7c6ccccc6)cc5c5c6ccccc6c6c7ccccc7oc6c54)nc4ccc5ccccc5c34)cc21. The van der Waals surface area contributed by atoms with Crippen LogP contribution in [0, 0.1) is 0 Å². The summed E-state index contributed by atoms with van der Waals surface area (Å²) in [5, 5.41) is 10.0. The molecule has 0 amide bonds. The first kappa shape index (κ1) is 40.4. The minimum Gasteiger partial charge on any atom is -0.454 e. The first-order chi connectivity index (χ1) is 36.0. The van der Waals surface area contributed by atoms with Crippen molar-refractivity contribution in [2.24, 2.45) is 0 Å². The van der Waals surface area contributed by atoms with Crippen molar-refractivity contribution in [3.8, 4) is 28.3 Å². The molecule has 0 radical (unpaired) electrons. The van der Waals surface area contributed by atoms with Crippen molar-refractivity contribution in [3.05, 3.63) is 246 Å². The molecule has 73 heavy (non-hydrogen) atoms. The number of hydrogen-bond acceptors (Lipinski definition) is 4. The number of anilines is 2. The molecule has 2 bridgehead atoms. The van der Waals surface area contributed by atoms with Crippen LogP contribution in [0.2, 0.25) is 0 Å². The molecule has 16 rings (SSSR count). The molecule has 10 aromatic carbocycles. The van der Waals surface area contributed by atoms with Crippen molar-refractivity contribution in [1.29, 1.82) is 0 Å². The maximum absolute atomic E-state index is 7.11. The van der Waals surface area contributed by atoms with Crippen LogP contribution in [0.3, 0.4) is 0 Å². The third-order valence-electron chi connectivity index (χ3n) is 16.2. The molecule has 1 aliphatic heterocycles. The molecule has 0 N–H and O–H groups in total. The average molecular weight is 933 g/mol. The monoisotopic (exact) mass is 932 g/mol. The predicted octanol–water partition coefficient (Wildman–Crippen LogP) is 17.8. The van der Waals surface area contributed by atoms with Gasteiger partial charge in [-0.1, -0.05) is 178 Å². The first-order valence-electron chi connectivity index (χ1n) is 25.3. The molecule has 0 saturated carbocycles. The summed E-state index contributed by atoms with van der Waals surface area (Å²) in [5.74, 6) is 0.595. The lowest BCUT2D eigenvalue weighted by molar-refractivity contribution is 0.660. The Hall–Kier alpha value is -9.32. The predicted molar refractivity (Wildman–Crippen MR) is 303 cm³/mol. The molecule has 2 aliphatic carbocycles. The molecule has 3 aromatic heterocycles. The Labute approximate surface area is 420 Å². The van der Waals surface area contributed by atoms with Crippen LogP contribution in [0.1, 0.15) is 42.5 Å². The zero-order valence-corrected chi connectivity index (χ0v) is 40.2. The van der Waals surface area contributed by atoms with Crippen LogP contribution in [0.5, 0.6) is 0 Å². The summed E-state index contributed by atoms with van der Waals surface area (Å²) in [4.78, 5) is 13.9. The van der Waals surface area contributed by atoms with Crippen LogP contribution in [0.25, 0.3) is 116 Å². The fourth-order valence-corrected chi connectivity index (χ4v) is 12.8. The minimum atomic E-state index is -0.184. The second-order valence-electron chi connectivity index (χ2n) is 20.4. The van der Waals surface area contributed by atoms with Gasteiger partial charge in [-0.2, -0.15) is 0 Å². The van der Waals surface area contributed by atoms with Crippen molar-refractivity contribution in [2.75, 3.05) is 4.90 Å². The number of benzene rings is 10. The number of allylic oxidation sites excluding steroid dienone is 5. The van der Waals surface area contributed by atoms with Gasteiger partial charge in [0.1, 0.15) is 11.1 Å². The molecule has 0 unspecified atom stereocenters. The molecule has 0 fully saturated rings. The van der Waals surface area contributed by atoms with Crippen molar-refractivity contribution < 1.29 is 4.42 Å². The summed E-state index contributed by atoms with van der Waals surface area (Å²) >= 11 is 0. The number of para-hydroxylation sites is 3. The molecule has 0 spiro atoms. The topological polar surface area (TPSA) is 47.1 Å². The van der Waals surface area contributed by atoms with Gasteiger partial charge in [0.2, 0.25) is 5.95 Å². The maximum atomic E-state index is 7.11. The highest BCUT2D eigenvalue weighted by Gasteiger charge is 2.36. The van der Waals surface area contributed by atoms with E-state index in [1.807, 2.05) is 0 Å². The minimum absolute atomic E-state index is 0.184. The van der Waals surface area contributed by atoms with Crippen LogP contribution >= 0.6 is 0 Å². The molecule has 5 nitrogen and oxygen atoms in total. The third kappa shape index (κ3) is 5.67. The maximum Gasteiger partial charge on any atom is 0.235 e. The number of fused-ring (bicyclic) bond motifs is 20. The van der Waals surface area contributed by atoms with E-state index in [1.165, 1.54) is 44.8 Å². The van der Waals surface area contributed by atoms with Crippen molar-refractivity contribution in [2.45, 2.75) is 25.7 Å². The fourth-order valence-electron chi connectivity index (χ4n) is 12.8. The summed E-state index contributed by atoms with van der Waals surface area (Å²) in [5.41, 5.74) is 20.0. The van der Waals surface area contributed by atoms with E-state index in [-0.39, 0.29) is 5.41 Å². The highest BCUT2D eigenvalue weighted by Crippen LogP contribution is 2.52. The number of hydrogen-bond donors (Lipinski definition) is 0. The molecule has 0 saturated heterocycles. The molecule has 3 aliphatic rings. The Bertz CT molecular complexity index is 4680. The lowest BCUT2D eigenvalue weighted by Crippen LogP contribution is -2.21. The molecule has 5 heteroatoms. The highest BCUT2D eigenvalue weighted by atomic mass is 16.3. The van der Waals surface area contributed by atoms with E-state index in [4.69, 9.17) is 14.4 Å². The number of furan rings is 1. The van der Waals surface area contributed by atoms with Gasteiger partial charge in [0.15, 0.2) is 5.58 Å². The van der Waals surface area contributed by atoms with E-state index in [0.29, 0.717) is 5.95 Å². The lowest BCUT2D eigenvalue weighted by Gasteiger charge is -2.34. The third-order valence-corrected chi connectivity index (χ3v) is 16.2. The number of aromatic nitrogens is 3. The molecule has 4 heterocycles. The Morgan fingerprint density at radius 1 is 0.521 bits per heavy atom. The van der Waals surface area contributed by atoms with E-state index in [9.17, 15) is 0 Å². The lowest BCUT2D eigenvalue weighted by atomic mass is 9.81. The molecular weight excluding hydrogens is 889 g/mol. The van der Waals surface area contributed by atoms with Crippen molar-refractivity contribution in [1.82, 2.24) is 14.5 Å². The second kappa shape index (κ2) is 14.9. The zero-order valence-electron chi connectivity index (χ0n) is 40.2. The Morgan fingerprint density at radius 3 is 2.11 bits per heavy atom. The fraction of sp³-hybridized carbons (Fsp3) is 0.0588. The van der Waals surface area contributed by atoms with Crippen LogP contribution in [-0.2, 0) is 5.41 Å². The smallest absolute Gasteiger partial charge is 0.235 e. The summed E-state index contributed by atoms with van der Waals surface area (Å²) in [6, 6.07) is 72.5. The van der Waals surface area contributed by atoms with Crippen LogP contribution in [0.4, 0.5) is 11.4 Å². The van der Waals surface area contributed by atoms with Gasteiger partial charge in [0.05, 0.1) is 22.4 Å². The van der Waals surface area contributed by atoms with Crippen LogP contribution < -0.4 is 4.90 Å². The number of rotatable bonds is 4. The zero-order chi connectivity index (χ0) is 48.1. The van der Waals surface area contributed by atoms with Gasteiger partial charge < -0.3 is 9.32 Å². The second-order valence-corrected chi connectivity index (χ2v) is 20.4. The van der Waals surface area contributed by atoms with E-state index in [0.717, 1.165) is 111 Å². The normalized spacial score (nSPS) is 14.7. The highest BCUT2D eigenvalue weighted by molar-refractivity contribution is 6.35. The average Bonchev–Trinajstić information content (AvgIpc) is 4.05. The van der Waals surface area contributed by atoms with E-state index < -0.39 is 0 Å². The van der Waals surface area contributed by atoms with E-state index in [1.54, 1.807) is 0 Å². The van der Waals surface area contributed by atoms with Crippen molar-refractivity contribution >= 4 is 98.7 Å². The Balaban J connectivity index is 0.991. The van der Waals surface area contributed by atoms with Crippen LogP contribution in [-0.4, -0.2) is 14.5 Å². The summed E-state index contributed by atoms with van der Waals surface area (Å²) in [7, 11) is 0. The molecule has 13 aromatic rings. The summed E-state index contributed by atoms with van der Waals surface area (Å²) in [6.45, 7) is 4.69. The molecule has 0 atom stereocenters. The van der Waals surface area contributed by atoms with Gasteiger partial charge in [0.25, 0.3) is 0 Å². The van der Waals surface area contributed by atoms with Crippen molar-refractivity contribution in [3.63, 3.8) is 0 Å². The van der Waals surface area contributed by atoms with Gasteiger partial charge >= 0.3 is 0 Å².